The van der Waals surface area contributed by atoms with Gasteiger partial charge in [0.1, 0.15) is 10.3 Å². The van der Waals surface area contributed by atoms with E-state index in [1.807, 2.05) is 13.0 Å². The molecule has 1 atom stereocenters. The second-order valence-electron chi connectivity index (χ2n) is 3.28. The zero-order valence-electron chi connectivity index (χ0n) is 8.91. The normalized spacial score (nSPS) is 13.3. The lowest BCUT2D eigenvalue weighted by molar-refractivity contribution is 0.565. The Kier molecular flexibility index (Phi) is 5.41. The van der Waals surface area contributed by atoms with Crippen LogP contribution in [0.25, 0.3) is 0 Å². The van der Waals surface area contributed by atoms with Crippen molar-refractivity contribution in [3.05, 3.63) is 14.9 Å². The molecule has 0 bridgehead atoms. The lowest BCUT2D eigenvalue weighted by Crippen LogP contribution is -2.33. The molecule has 0 aliphatic rings. The number of hydrogen-bond donors (Lipinski definition) is 1. The van der Waals surface area contributed by atoms with Crippen LogP contribution in [0.3, 0.4) is 0 Å². The number of nitriles is 1. The fourth-order valence-corrected chi connectivity index (χ4v) is 4.73. The SMILES string of the molecule is CCCC(C#N)NS(=O)(=O)c1cc(Cl)c(Br)s1. The van der Waals surface area contributed by atoms with Gasteiger partial charge in [0.25, 0.3) is 10.0 Å². The Bertz CT molecular complexity index is 516. The van der Waals surface area contributed by atoms with E-state index in [0.29, 0.717) is 15.2 Å². The first-order valence-electron chi connectivity index (χ1n) is 4.77. The molecule has 0 fully saturated rings. The van der Waals surface area contributed by atoms with Gasteiger partial charge >= 0.3 is 0 Å². The largest absolute Gasteiger partial charge is 0.251 e. The molecule has 0 amide bonds. The highest BCUT2D eigenvalue weighted by atomic mass is 79.9. The fourth-order valence-electron chi connectivity index (χ4n) is 1.14. The summed E-state index contributed by atoms with van der Waals surface area (Å²) >= 11 is 9.94. The molecule has 1 rings (SSSR count). The Morgan fingerprint density at radius 3 is 2.76 bits per heavy atom. The number of nitrogens with one attached hydrogen (secondary N) is 1. The van der Waals surface area contributed by atoms with E-state index < -0.39 is 16.1 Å². The number of nitrogens with zero attached hydrogens (tertiary/aromatic N) is 1. The Morgan fingerprint density at radius 2 is 2.35 bits per heavy atom. The minimum atomic E-state index is -3.66. The molecule has 0 spiro atoms. The lowest BCUT2D eigenvalue weighted by Gasteiger charge is -2.09. The van der Waals surface area contributed by atoms with E-state index in [9.17, 15) is 8.42 Å². The van der Waals surface area contributed by atoms with Crippen LogP contribution >= 0.6 is 38.9 Å². The van der Waals surface area contributed by atoms with Crippen LogP contribution in [-0.2, 0) is 10.0 Å². The van der Waals surface area contributed by atoms with Gasteiger partial charge in [-0.1, -0.05) is 24.9 Å². The van der Waals surface area contributed by atoms with Crippen LogP contribution in [0.5, 0.6) is 0 Å². The van der Waals surface area contributed by atoms with Crippen molar-refractivity contribution in [1.82, 2.24) is 4.72 Å². The Labute approximate surface area is 118 Å². The molecule has 0 aromatic carbocycles. The molecular formula is C9H10BrClN2O2S2. The van der Waals surface area contributed by atoms with Gasteiger partial charge in [-0.05, 0) is 28.4 Å². The lowest BCUT2D eigenvalue weighted by atomic mass is 10.2. The van der Waals surface area contributed by atoms with Crippen LogP contribution in [0.15, 0.2) is 14.1 Å². The molecule has 94 valence electrons. The number of halogens is 2. The van der Waals surface area contributed by atoms with Crippen molar-refractivity contribution in [2.24, 2.45) is 0 Å². The van der Waals surface area contributed by atoms with Crippen LogP contribution in [0.4, 0.5) is 0 Å². The zero-order chi connectivity index (χ0) is 13.1. The third-order valence-electron chi connectivity index (χ3n) is 1.92. The summed E-state index contributed by atoms with van der Waals surface area (Å²) in [6.45, 7) is 1.89. The standard InChI is InChI=1S/C9H10BrClN2O2S2/c1-2-3-6(5-12)13-17(14,15)8-4-7(11)9(10)16-8/h4,6,13H,2-3H2,1H3. The predicted octanol–water partition coefficient (Wildman–Crippen LogP) is 3.13. The van der Waals surface area contributed by atoms with Crippen molar-refractivity contribution >= 4 is 48.9 Å². The van der Waals surface area contributed by atoms with Gasteiger partial charge in [-0.25, -0.2) is 8.42 Å². The molecular weight excluding hydrogens is 348 g/mol. The molecule has 0 aliphatic carbocycles. The van der Waals surface area contributed by atoms with Gasteiger partial charge in [-0.2, -0.15) is 9.98 Å². The third kappa shape index (κ3) is 3.93. The van der Waals surface area contributed by atoms with Crippen molar-refractivity contribution < 1.29 is 8.42 Å². The highest BCUT2D eigenvalue weighted by molar-refractivity contribution is 9.11. The van der Waals surface area contributed by atoms with E-state index in [2.05, 4.69) is 20.7 Å². The molecule has 1 heterocycles. The first kappa shape index (κ1) is 14.9. The second-order valence-corrected chi connectivity index (χ2v) is 8.00. The molecule has 4 nitrogen and oxygen atoms in total. The van der Waals surface area contributed by atoms with E-state index in [1.165, 1.54) is 6.07 Å². The minimum Gasteiger partial charge on any atom is -0.206 e. The van der Waals surface area contributed by atoms with Crippen molar-refractivity contribution in [1.29, 1.82) is 5.26 Å². The average molecular weight is 358 g/mol. The number of hydrogen-bond acceptors (Lipinski definition) is 4. The fraction of sp³-hybridized carbons (Fsp3) is 0.444. The second kappa shape index (κ2) is 6.16. The van der Waals surface area contributed by atoms with Gasteiger partial charge in [0, 0.05) is 0 Å². The van der Waals surface area contributed by atoms with Crippen LogP contribution in [-0.4, -0.2) is 14.5 Å². The smallest absolute Gasteiger partial charge is 0.206 e. The summed E-state index contributed by atoms with van der Waals surface area (Å²) in [6.07, 6.45) is 1.21. The van der Waals surface area contributed by atoms with Crippen molar-refractivity contribution in [2.45, 2.75) is 30.0 Å². The molecule has 0 saturated carbocycles. The maximum absolute atomic E-state index is 11.9. The quantitative estimate of drug-likeness (QED) is 0.880. The van der Waals surface area contributed by atoms with Crippen LogP contribution < -0.4 is 4.72 Å². The van der Waals surface area contributed by atoms with Crippen LogP contribution in [0.2, 0.25) is 5.02 Å². The van der Waals surface area contributed by atoms with E-state index >= 15 is 0 Å². The van der Waals surface area contributed by atoms with Crippen molar-refractivity contribution in [3.63, 3.8) is 0 Å². The Morgan fingerprint density at radius 1 is 1.71 bits per heavy atom. The maximum atomic E-state index is 11.9. The van der Waals surface area contributed by atoms with Crippen LogP contribution in [0.1, 0.15) is 19.8 Å². The molecule has 8 heteroatoms. The van der Waals surface area contributed by atoms with E-state index in [-0.39, 0.29) is 4.21 Å². The van der Waals surface area contributed by atoms with Crippen LogP contribution in [0, 0.1) is 11.3 Å². The van der Waals surface area contributed by atoms with Crippen molar-refractivity contribution in [2.75, 3.05) is 0 Å². The Hall–Kier alpha value is -0.130. The topological polar surface area (TPSA) is 70.0 Å². The summed E-state index contributed by atoms with van der Waals surface area (Å²) in [5, 5.41) is 9.16. The number of rotatable bonds is 5. The molecule has 0 saturated heterocycles. The van der Waals surface area contributed by atoms with E-state index in [1.54, 1.807) is 0 Å². The molecule has 17 heavy (non-hydrogen) atoms. The summed E-state index contributed by atoms with van der Waals surface area (Å²) in [7, 11) is -3.66. The molecule has 1 aromatic heterocycles. The van der Waals surface area contributed by atoms with E-state index in [4.69, 9.17) is 16.9 Å². The van der Waals surface area contributed by atoms with E-state index in [0.717, 1.165) is 17.8 Å². The summed E-state index contributed by atoms with van der Waals surface area (Å²) in [5.74, 6) is 0. The monoisotopic (exact) mass is 356 g/mol. The summed E-state index contributed by atoms with van der Waals surface area (Å²) in [4.78, 5) is 0. The Balaban J connectivity index is 2.93. The van der Waals surface area contributed by atoms with Gasteiger partial charge < -0.3 is 0 Å². The van der Waals surface area contributed by atoms with Gasteiger partial charge in [0.05, 0.1) is 14.9 Å². The summed E-state index contributed by atoms with van der Waals surface area (Å²) in [5.41, 5.74) is 0. The van der Waals surface area contributed by atoms with Gasteiger partial charge in [-0.3, -0.25) is 0 Å². The van der Waals surface area contributed by atoms with Gasteiger partial charge in [0.15, 0.2) is 0 Å². The summed E-state index contributed by atoms with van der Waals surface area (Å²) in [6, 6.07) is 2.58. The number of sulfonamides is 1. The number of thiophene rings is 1. The maximum Gasteiger partial charge on any atom is 0.251 e. The summed E-state index contributed by atoms with van der Waals surface area (Å²) < 4.78 is 26.8. The average Bonchev–Trinajstić information content (AvgIpc) is 2.59. The predicted molar refractivity (Wildman–Crippen MR) is 71.7 cm³/mol. The first-order valence-corrected chi connectivity index (χ1v) is 8.24. The molecule has 0 aliphatic heterocycles. The third-order valence-corrected chi connectivity index (χ3v) is 6.34. The highest BCUT2D eigenvalue weighted by Crippen LogP contribution is 2.34. The molecule has 0 radical (unpaired) electrons. The van der Waals surface area contributed by atoms with Gasteiger partial charge in [-0.15, -0.1) is 11.3 Å². The zero-order valence-corrected chi connectivity index (χ0v) is 12.9. The minimum absolute atomic E-state index is 0.103. The van der Waals surface area contributed by atoms with Gasteiger partial charge in [0.2, 0.25) is 0 Å². The molecule has 1 aromatic rings. The molecule has 1 unspecified atom stereocenters. The first-order chi connectivity index (χ1) is 7.90. The van der Waals surface area contributed by atoms with Crippen molar-refractivity contribution in [3.8, 4) is 6.07 Å². The highest BCUT2D eigenvalue weighted by Gasteiger charge is 2.22. The molecule has 1 N–H and O–H groups in total.